The molecule has 1 unspecified atom stereocenters. The van der Waals surface area contributed by atoms with E-state index in [0.717, 1.165) is 44.1 Å². The first-order valence-corrected chi connectivity index (χ1v) is 9.47. The molecular weight excluding hydrogens is 318 g/mol. The first-order chi connectivity index (χ1) is 12.2. The molecule has 1 aromatic heterocycles. The van der Waals surface area contributed by atoms with Crippen LogP contribution in [0.2, 0.25) is 0 Å². The van der Waals surface area contributed by atoms with Gasteiger partial charge in [-0.2, -0.15) is 0 Å². The summed E-state index contributed by atoms with van der Waals surface area (Å²) in [6.07, 6.45) is 8.27. The molecule has 2 N–H and O–H groups in total. The van der Waals surface area contributed by atoms with E-state index in [9.17, 15) is 4.79 Å². The Morgan fingerprint density at radius 1 is 1.12 bits per heavy atom. The summed E-state index contributed by atoms with van der Waals surface area (Å²) in [5.74, 6) is 1.37. The molecule has 3 heterocycles. The largest absolute Gasteiger partial charge is 0.466 e. The van der Waals surface area contributed by atoms with Gasteiger partial charge in [0.15, 0.2) is 11.6 Å². The number of nitrogen functional groups attached to an aromatic ring is 1. The standard InChI is InChI=1S/C18H29N5O2/c1-2-25-18(24)14-8-7-11-23(12-14)17-15(19)16(20-13-21-17)22-9-5-3-4-6-10-22/h13-14H,2-12,19H2,1H3. The minimum Gasteiger partial charge on any atom is -0.466 e. The molecule has 0 radical (unpaired) electrons. The maximum absolute atomic E-state index is 12.1. The van der Waals surface area contributed by atoms with Gasteiger partial charge in [-0.1, -0.05) is 12.8 Å². The number of ether oxygens (including phenoxy) is 1. The van der Waals surface area contributed by atoms with Gasteiger partial charge in [0.1, 0.15) is 12.0 Å². The molecule has 2 aliphatic rings. The van der Waals surface area contributed by atoms with Gasteiger partial charge in [0.2, 0.25) is 0 Å². The third-order valence-corrected chi connectivity index (χ3v) is 5.09. The number of nitrogens with two attached hydrogens (primary N) is 1. The van der Waals surface area contributed by atoms with Gasteiger partial charge in [0.25, 0.3) is 0 Å². The van der Waals surface area contributed by atoms with E-state index in [-0.39, 0.29) is 11.9 Å². The zero-order valence-corrected chi connectivity index (χ0v) is 15.1. The highest BCUT2D eigenvalue weighted by molar-refractivity contribution is 5.78. The van der Waals surface area contributed by atoms with Crippen molar-refractivity contribution in [3.05, 3.63) is 6.33 Å². The van der Waals surface area contributed by atoms with E-state index in [1.54, 1.807) is 6.33 Å². The number of carbonyl (C=O) groups is 1. The second-order valence-corrected chi connectivity index (χ2v) is 6.87. The summed E-state index contributed by atoms with van der Waals surface area (Å²) < 4.78 is 5.19. The van der Waals surface area contributed by atoms with Crippen molar-refractivity contribution >= 4 is 23.3 Å². The first kappa shape index (κ1) is 17.8. The Labute approximate surface area is 149 Å². The van der Waals surface area contributed by atoms with Crippen molar-refractivity contribution in [2.75, 3.05) is 48.3 Å². The average molecular weight is 347 g/mol. The van der Waals surface area contributed by atoms with Crippen molar-refractivity contribution in [3.63, 3.8) is 0 Å². The fraction of sp³-hybridized carbons (Fsp3) is 0.722. The fourth-order valence-corrected chi connectivity index (χ4v) is 3.79. The number of rotatable bonds is 4. The number of esters is 1. The van der Waals surface area contributed by atoms with E-state index in [2.05, 4.69) is 19.8 Å². The Kier molecular flexibility index (Phi) is 5.94. The van der Waals surface area contributed by atoms with Crippen LogP contribution < -0.4 is 15.5 Å². The normalized spacial score (nSPS) is 21.7. The van der Waals surface area contributed by atoms with Gasteiger partial charge in [-0.25, -0.2) is 9.97 Å². The number of anilines is 3. The second-order valence-electron chi connectivity index (χ2n) is 6.87. The van der Waals surface area contributed by atoms with Crippen LogP contribution in [0, 0.1) is 5.92 Å². The van der Waals surface area contributed by atoms with Crippen LogP contribution in [0.3, 0.4) is 0 Å². The van der Waals surface area contributed by atoms with Gasteiger partial charge in [0, 0.05) is 26.2 Å². The molecule has 0 amide bonds. The van der Waals surface area contributed by atoms with Gasteiger partial charge >= 0.3 is 5.97 Å². The lowest BCUT2D eigenvalue weighted by molar-refractivity contribution is -0.148. The van der Waals surface area contributed by atoms with E-state index < -0.39 is 0 Å². The number of nitrogens with zero attached hydrogens (tertiary/aromatic N) is 4. The van der Waals surface area contributed by atoms with E-state index in [4.69, 9.17) is 10.5 Å². The number of aromatic nitrogens is 2. The van der Waals surface area contributed by atoms with Crippen LogP contribution in [0.4, 0.5) is 17.3 Å². The molecule has 0 bridgehead atoms. The number of piperidine rings is 1. The van der Waals surface area contributed by atoms with E-state index >= 15 is 0 Å². The molecule has 7 nitrogen and oxygen atoms in total. The van der Waals surface area contributed by atoms with Crippen LogP contribution in [-0.2, 0) is 9.53 Å². The highest BCUT2D eigenvalue weighted by Crippen LogP contribution is 2.32. The average Bonchev–Trinajstić information content (AvgIpc) is 2.91. The number of carbonyl (C=O) groups excluding carboxylic acids is 1. The molecule has 2 fully saturated rings. The van der Waals surface area contributed by atoms with Crippen LogP contribution in [0.5, 0.6) is 0 Å². The predicted octanol–water partition coefficient (Wildman–Crippen LogP) is 2.22. The summed E-state index contributed by atoms with van der Waals surface area (Å²) in [5, 5.41) is 0. The monoisotopic (exact) mass is 347 g/mol. The van der Waals surface area contributed by atoms with E-state index in [1.165, 1.54) is 25.7 Å². The van der Waals surface area contributed by atoms with E-state index in [0.29, 0.717) is 18.8 Å². The number of hydrogen-bond donors (Lipinski definition) is 1. The second kappa shape index (κ2) is 8.36. The van der Waals surface area contributed by atoms with Crippen molar-refractivity contribution in [2.45, 2.75) is 45.4 Å². The molecule has 0 aliphatic carbocycles. The summed E-state index contributed by atoms with van der Waals surface area (Å²) in [4.78, 5) is 25.4. The SMILES string of the molecule is CCOC(=O)C1CCCN(c2ncnc(N3CCCCCC3)c2N)C1. The van der Waals surface area contributed by atoms with Crippen molar-refractivity contribution < 1.29 is 9.53 Å². The molecule has 138 valence electrons. The Morgan fingerprint density at radius 2 is 1.76 bits per heavy atom. The quantitative estimate of drug-likeness (QED) is 0.836. The molecule has 2 aliphatic heterocycles. The smallest absolute Gasteiger partial charge is 0.310 e. The maximum Gasteiger partial charge on any atom is 0.310 e. The minimum absolute atomic E-state index is 0.107. The highest BCUT2D eigenvalue weighted by Gasteiger charge is 2.29. The molecule has 2 saturated heterocycles. The molecule has 25 heavy (non-hydrogen) atoms. The van der Waals surface area contributed by atoms with Crippen LogP contribution in [0.1, 0.15) is 45.4 Å². The van der Waals surface area contributed by atoms with Crippen LogP contribution in [-0.4, -0.2) is 48.7 Å². The zero-order valence-electron chi connectivity index (χ0n) is 15.1. The van der Waals surface area contributed by atoms with Gasteiger partial charge in [-0.15, -0.1) is 0 Å². The van der Waals surface area contributed by atoms with Gasteiger partial charge in [0.05, 0.1) is 12.5 Å². The molecular formula is C18H29N5O2. The Bertz CT molecular complexity index is 587. The van der Waals surface area contributed by atoms with Gasteiger partial charge < -0.3 is 20.3 Å². The lowest BCUT2D eigenvalue weighted by Crippen LogP contribution is -2.40. The topological polar surface area (TPSA) is 84.6 Å². The summed E-state index contributed by atoms with van der Waals surface area (Å²) in [6, 6.07) is 0. The fourth-order valence-electron chi connectivity index (χ4n) is 3.79. The third kappa shape index (κ3) is 4.14. The van der Waals surface area contributed by atoms with Crippen molar-refractivity contribution in [2.24, 2.45) is 5.92 Å². The minimum atomic E-state index is -0.118. The Morgan fingerprint density at radius 3 is 2.44 bits per heavy atom. The summed E-state index contributed by atoms with van der Waals surface area (Å²) >= 11 is 0. The molecule has 0 aromatic carbocycles. The molecule has 0 saturated carbocycles. The maximum atomic E-state index is 12.1. The first-order valence-electron chi connectivity index (χ1n) is 9.47. The van der Waals surface area contributed by atoms with Crippen molar-refractivity contribution in [3.8, 4) is 0 Å². The predicted molar refractivity (Wildman–Crippen MR) is 98.7 cm³/mol. The summed E-state index contributed by atoms with van der Waals surface area (Å²) in [5.41, 5.74) is 7.08. The zero-order chi connectivity index (χ0) is 17.6. The Balaban J connectivity index is 1.77. The molecule has 7 heteroatoms. The van der Waals surface area contributed by atoms with E-state index in [1.807, 2.05) is 6.92 Å². The van der Waals surface area contributed by atoms with Gasteiger partial charge in [-0.3, -0.25) is 4.79 Å². The summed E-state index contributed by atoms with van der Waals surface area (Å²) in [7, 11) is 0. The van der Waals surface area contributed by atoms with Crippen LogP contribution in [0.25, 0.3) is 0 Å². The lowest BCUT2D eigenvalue weighted by atomic mass is 9.98. The lowest BCUT2D eigenvalue weighted by Gasteiger charge is -2.34. The Hall–Kier alpha value is -2.05. The third-order valence-electron chi connectivity index (χ3n) is 5.09. The van der Waals surface area contributed by atoms with Gasteiger partial charge in [-0.05, 0) is 32.6 Å². The van der Waals surface area contributed by atoms with Crippen LogP contribution in [0.15, 0.2) is 6.33 Å². The molecule has 1 atom stereocenters. The molecule has 3 rings (SSSR count). The summed E-state index contributed by atoms with van der Waals surface area (Å²) in [6.45, 7) is 5.71. The van der Waals surface area contributed by atoms with Crippen molar-refractivity contribution in [1.82, 2.24) is 9.97 Å². The van der Waals surface area contributed by atoms with Crippen molar-refractivity contribution in [1.29, 1.82) is 0 Å². The number of hydrogen-bond acceptors (Lipinski definition) is 7. The molecule has 0 spiro atoms. The van der Waals surface area contributed by atoms with Crippen LogP contribution >= 0.6 is 0 Å². The molecule has 1 aromatic rings. The highest BCUT2D eigenvalue weighted by atomic mass is 16.5.